The summed E-state index contributed by atoms with van der Waals surface area (Å²) in [7, 11) is 0. The second-order valence-electron chi connectivity index (χ2n) is 3.55. The van der Waals surface area contributed by atoms with Gasteiger partial charge in [-0.2, -0.15) is 0 Å². The Balaban J connectivity index is 2.48. The van der Waals surface area contributed by atoms with E-state index in [-0.39, 0.29) is 5.41 Å². The van der Waals surface area contributed by atoms with Crippen LogP contribution in [0.15, 0.2) is 6.07 Å². The van der Waals surface area contributed by atoms with Gasteiger partial charge in [0.25, 0.3) is 0 Å². The summed E-state index contributed by atoms with van der Waals surface area (Å²) in [5.41, 5.74) is 1.54. The average molecular weight is 176 g/mol. The number of hydrogen-bond donors (Lipinski definition) is 0. The molecule has 1 heteroatoms. The molecule has 0 spiro atoms. The molecule has 0 saturated heterocycles. The van der Waals surface area contributed by atoms with Crippen LogP contribution < -0.4 is 0 Å². The third-order valence-electron chi connectivity index (χ3n) is 2.58. The van der Waals surface area contributed by atoms with Crippen LogP contribution in [0.1, 0.15) is 28.2 Å². The van der Waals surface area contributed by atoms with Crippen LogP contribution >= 0.6 is 11.3 Å². The summed E-state index contributed by atoms with van der Waals surface area (Å²) in [6, 6.07) is 2.26. The highest BCUT2D eigenvalue weighted by atomic mass is 32.1. The van der Waals surface area contributed by atoms with E-state index in [2.05, 4.69) is 25.8 Å². The van der Waals surface area contributed by atoms with Gasteiger partial charge in [0.1, 0.15) is 0 Å². The lowest BCUT2D eigenvalue weighted by Crippen LogP contribution is -2.01. The first-order valence-electron chi connectivity index (χ1n) is 4.23. The highest BCUT2D eigenvalue weighted by Crippen LogP contribution is 2.50. The Morgan fingerprint density at radius 3 is 2.50 bits per heavy atom. The normalized spacial score (nSPS) is 18.8. The highest BCUT2D eigenvalue weighted by Gasteiger charge is 2.44. The fourth-order valence-corrected chi connectivity index (χ4v) is 2.75. The summed E-state index contributed by atoms with van der Waals surface area (Å²) in [4.78, 5) is 2.78. The molecule has 1 fully saturated rings. The van der Waals surface area contributed by atoms with Gasteiger partial charge in [-0.25, -0.2) is 0 Å². The highest BCUT2D eigenvalue weighted by molar-refractivity contribution is 7.12. The van der Waals surface area contributed by atoms with Crippen LogP contribution in [0.4, 0.5) is 0 Å². The molecule has 2 rings (SSSR count). The summed E-state index contributed by atoms with van der Waals surface area (Å²) in [5, 5.41) is 0. The molecule has 12 heavy (non-hydrogen) atoms. The van der Waals surface area contributed by atoms with Crippen molar-refractivity contribution in [2.24, 2.45) is 0 Å². The molecule has 1 saturated carbocycles. The fraction of sp³-hybridized carbons (Fsp3) is 0.455. The predicted molar refractivity (Wildman–Crippen MR) is 53.5 cm³/mol. The van der Waals surface area contributed by atoms with Gasteiger partial charge in [-0.3, -0.25) is 0 Å². The van der Waals surface area contributed by atoms with E-state index in [9.17, 15) is 0 Å². The summed E-state index contributed by atoms with van der Waals surface area (Å²) in [6.07, 6.45) is 7.90. The molecule has 1 aromatic rings. The van der Waals surface area contributed by atoms with E-state index in [1.807, 2.05) is 11.3 Å². The van der Waals surface area contributed by atoms with E-state index in [1.165, 1.54) is 28.2 Å². The van der Waals surface area contributed by atoms with Crippen LogP contribution in [0.5, 0.6) is 0 Å². The topological polar surface area (TPSA) is 0 Å². The lowest BCUT2D eigenvalue weighted by molar-refractivity contribution is 0.927. The van der Waals surface area contributed by atoms with Gasteiger partial charge in [-0.15, -0.1) is 17.8 Å². The standard InChI is InChI=1S/C11H12S/c1-4-11(5-6-11)10-7-8(2)12-9(10)3/h1,7H,5-6H2,2-3H3. The summed E-state index contributed by atoms with van der Waals surface area (Å²) in [6.45, 7) is 4.32. The van der Waals surface area contributed by atoms with Crippen molar-refractivity contribution in [3.05, 3.63) is 21.4 Å². The first-order valence-corrected chi connectivity index (χ1v) is 5.05. The van der Waals surface area contributed by atoms with Gasteiger partial charge < -0.3 is 0 Å². The van der Waals surface area contributed by atoms with Crippen LogP contribution in [-0.4, -0.2) is 0 Å². The fourth-order valence-electron chi connectivity index (χ4n) is 1.72. The van der Waals surface area contributed by atoms with E-state index in [0.29, 0.717) is 0 Å². The smallest absolute Gasteiger partial charge is 0.0572 e. The zero-order valence-electron chi connectivity index (χ0n) is 7.48. The van der Waals surface area contributed by atoms with Gasteiger partial charge in [0.15, 0.2) is 0 Å². The predicted octanol–water partition coefficient (Wildman–Crippen LogP) is 3.03. The maximum atomic E-state index is 5.53. The minimum Gasteiger partial charge on any atom is -0.146 e. The van der Waals surface area contributed by atoms with Gasteiger partial charge in [0.05, 0.1) is 5.41 Å². The van der Waals surface area contributed by atoms with Crippen molar-refractivity contribution < 1.29 is 0 Å². The first kappa shape index (κ1) is 7.89. The lowest BCUT2D eigenvalue weighted by atomic mass is 9.98. The minimum atomic E-state index is 0.134. The molecule has 0 bridgehead atoms. The molecular formula is C11H12S. The zero-order chi connectivity index (χ0) is 8.77. The Hall–Kier alpha value is -0.740. The second kappa shape index (κ2) is 2.37. The van der Waals surface area contributed by atoms with Gasteiger partial charge in [0, 0.05) is 9.75 Å². The zero-order valence-corrected chi connectivity index (χ0v) is 8.29. The number of aryl methyl sites for hydroxylation is 2. The molecule has 0 amide bonds. The van der Waals surface area contributed by atoms with Crippen molar-refractivity contribution in [3.63, 3.8) is 0 Å². The Bertz CT molecular complexity index is 348. The average Bonchev–Trinajstić information content (AvgIpc) is 2.74. The third-order valence-corrected chi connectivity index (χ3v) is 3.55. The van der Waals surface area contributed by atoms with Gasteiger partial charge in [-0.1, -0.05) is 5.92 Å². The molecule has 0 nitrogen and oxygen atoms in total. The Labute approximate surface area is 77.6 Å². The van der Waals surface area contributed by atoms with Crippen LogP contribution in [0, 0.1) is 26.2 Å². The first-order chi connectivity index (χ1) is 5.68. The number of hydrogen-bond acceptors (Lipinski definition) is 1. The van der Waals surface area contributed by atoms with E-state index >= 15 is 0 Å². The lowest BCUT2D eigenvalue weighted by Gasteiger charge is -2.05. The molecule has 1 aromatic heterocycles. The second-order valence-corrected chi connectivity index (χ2v) is 5.01. The van der Waals surface area contributed by atoms with Crippen molar-refractivity contribution in [3.8, 4) is 12.3 Å². The van der Waals surface area contributed by atoms with Gasteiger partial charge in [0.2, 0.25) is 0 Å². The molecule has 0 aliphatic heterocycles. The van der Waals surface area contributed by atoms with E-state index < -0.39 is 0 Å². The molecule has 0 N–H and O–H groups in total. The molecule has 62 valence electrons. The molecule has 1 heterocycles. The Morgan fingerprint density at radius 2 is 2.17 bits per heavy atom. The summed E-state index contributed by atoms with van der Waals surface area (Å²) < 4.78 is 0. The monoisotopic (exact) mass is 176 g/mol. The summed E-state index contributed by atoms with van der Waals surface area (Å²) >= 11 is 1.86. The minimum absolute atomic E-state index is 0.134. The summed E-state index contributed by atoms with van der Waals surface area (Å²) in [5.74, 6) is 2.93. The maximum absolute atomic E-state index is 5.53. The van der Waals surface area contributed by atoms with Gasteiger partial charge in [-0.05, 0) is 38.3 Å². The van der Waals surface area contributed by atoms with Crippen LogP contribution in [0.2, 0.25) is 0 Å². The van der Waals surface area contributed by atoms with Crippen molar-refractivity contribution >= 4 is 11.3 Å². The Morgan fingerprint density at radius 1 is 1.50 bits per heavy atom. The number of rotatable bonds is 1. The molecular weight excluding hydrogens is 164 g/mol. The van der Waals surface area contributed by atoms with Crippen molar-refractivity contribution in [2.45, 2.75) is 32.1 Å². The molecule has 0 atom stereocenters. The molecule has 0 unspecified atom stereocenters. The van der Waals surface area contributed by atoms with Crippen LogP contribution in [0.25, 0.3) is 0 Å². The largest absolute Gasteiger partial charge is 0.146 e. The van der Waals surface area contributed by atoms with E-state index in [4.69, 9.17) is 6.42 Å². The molecule has 0 aromatic carbocycles. The number of terminal acetylenes is 1. The molecule has 1 aliphatic carbocycles. The van der Waals surface area contributed by atoms with Crippen LogP contribution in [0.3, 0.4) is 0 Å². The van der Waals surface area contributed by atoms with Crippen molar-refractivity contribution in [2.75, 3.05) is 0 Å². The SMILES string of the molecule is C#CC1(c2cc(C)sc2C)CC1. The van der Waals surface area contributed by atoms with Crippen molar-refractivity contribution in [1.82, 2.24) is 0 Å². The van der Waals surface area contributed by atoms with Crippen molar-refractivity contribution in [1.29, 1.82) is 0 Å². The van der Waals surface area contributed by atoms with Gasteiger partial charge >= 0.3 is 0 Å². The number of thiophene rings is 1. The Kier molecular flexibility index (Phi) is 1.56. The van der Waals surface area contributed by atoms with Crippen LogP contribution in [-0.2, 0) is 5.41 Å². The van der Waals surface area contributed by atoms with E-state index in [1.54, 1.807) is 0 Å². The maximum Gasteiger partial charge on any atom is 0.0572 e. The third kappa shape index (κ3) is 0.990. The molecule has 1 aliphatic rings. The molecule has 0 radical (unpaired) electrons. The van der Waals surface area contributed by atoms with E-state index in [0.717, 1.165) is 0 Å². The quantitative estimate of drug-likeness (QED) is 0.577.